The summed E-state index contributed by atoms with van der Waals surface area (Å²) in [6.45, 7) is 3.89. The lowest BCUT2D eigenvalue weighted by molar-refractivity contribution is -0.109. The van der Waals surface area contributed by atoms with E-state index in [0.717, 1.165) is 25.5 Å². The summed E-state index contributed by atoms with van der Waals surface area (Å²) < 4.78 is 0. The second-order valence-electron chi connectivity index (χ2n) is 3.09. The average Bonchev–Trinajstić information content (AvgIpc) is 2.10. The van der Waals surface area contributed by atoms with E-state index in [1.165, 1.54) is 0 Å². The van der Waals surface area contributed by atoms with Crippen LogP contribution in [0, 0.1) is 5.92 Å². The number of aliphatic hydroxyl groups is 1. The van der Waals surface area contributed by atoms with Crippen LogP contribution in [0.15, 0.2) is 12.2 Å². The first kappa shape index (κ1) is 11.4. The Morgan fingerprint density at radius 1 is 1.42 bits per heavy atom. The van der Waals surface area contributed by atoms with Gasteiger partial charge in [-0.25, -0.2) is 0 Å². The van der Waals surface area contributed by atoms with E-state index in [1.807, 2.05) is 0 Å². The Hall–Kier alpha value is -0.630. The molecule has 0 saturated carbocycles. The monoisotopic (exact) mass is 170 g/mol. The Bertz CT molecular complexity index is 141. The van der Waals surface area contributed by atoms with Crippen molar-refractivity contribution in [3.63, 3.8) is 0 Å². The van der Waals surface area contributed by atoms with Crippen LogP contribution in [0.4, 0.5) is 0 Å². The first-order valence-electron chi connectivity index (χ1n) is 4.52. The topological polar surface area (TPSA) is 37.3 Å². The number of hydrogen-bond donors (Lipinski definition) is 1. The predicted molar refractivity (Wildman–Crippen MR) is 49.9 cm³/mol. The van der Waals surface area contributed by atoms with Gasteiger partial charge in [0.15, 0.2) is 0 Å². The molecule has 0 heterocycles. The zero-order chi connectivity index (χ0) is 9.40. The molecule has 2 heteroatoms. The quantitative estimate of drug-likeness (QED) is 0.488. The Labute approximate surface area is 74.3 Å². The molecule has 0 radical (unpaired) electrons. The van der Waals surface area contributed by atoms with Crippen molar-refractivity contribution in [1.29, 1.82) is 0 Å². The SMILES string of the molecule is CCCCC(O)/C=C/C(C)C=O. The number of hydrogen-bond acceptors (Lipinski definition) is 2. The molecule has 2 nitrogen and oxygen atoms in total. The highest BCUT2D eigenvalue weighted by molar-refractivity contribution is 5.55. The number of rotatable bonds is 6. The third-order valence-corrected chi connectivity index (χ3v) is 1.70. The molecule has 0 aliphatic heterocycles. The molecule has 0 spiro atoms. The molecule has 0 aliphatic carbocycles. The number of carbonyl (C=O) groups is 1. The van der Waals surface area contributed by atoms with Crippen molar-refractivity contribution in [2.45, 2.75) is 39.2 Å². The molecule has 70 valence electrons. The van der Waals surface area contributed by atoms with Gasteiger partial charge in [0.1, 0.15) is 6.29 Å². The molecule has 2 unspecified atom stereocenters. The highest BCUT2D eigenvalue weighted by atomic mass is 16.3. The average molecular weight is 170 g/mol. The van der Waals surface area contributed by atoms with E-state index in [0.29, 0.717) is 0 Å². The Morgan fingerprint density at radius 3 is 2.58 bits per heavy atom. The minimum Gasteiger partial charge on any atom is -0.389 e. The van der Waals surface area contributed by atoms with E-state index < -0.39 is 0 Å². The van der Waals surface area contributed by atoms with Crippen LogP contribution in [-0.2, 0) is 4.79 Å². The maximum atomic E-state index is 10.2. The zero-order valence-corrected chi connectivity index (χ0v) is 7.86. The Morgan fingerprint density at radius 2 is 2.08 bits per heavy atom. The van der Waals surface area contributed by atoms with Gasteiger partial charge in [-0.2, -0.15) is 0 Å². The molecule has 1 N–H and O–H groups in total. The minimum atomic E-state index is -0.382. The van der Waals surface area contributed by atoms with Crippen molar-refractivity contribution in [2.24, 2.45) is 5.92 Å². The fourth-order valence-electron chi connectivity index (χ4n) is 0.858. The summed E-state index contributed by atoms with van der Waals surface area (Å²) in [6.07, 6.45) is 6.84. The van der Waals surface area contributed by atoms with Crippen LogP contribution in [0.1, 0.15) is 33.1 Å². The van der Waals surface area contributed by atoms with Crippen molar-refractivity contribution in [3.8, 4) is 0 Å². The summed E-state index contributed by atoms with van der Waals surface area (Å²) in [7, 11) is 0. The molecule has 0 fully saturated rings. The molecule has 0 aromatic carbocycles. The molecule has 0 saturated heterocycles. The van der Waals surface area contributed by atoms with Crippen molar-refractivity contribution in [2.75, 3.05) is 0 Å². The van der Waals surface area contributed by atoms with Gasteiger partial charge in [0.2, 0.25) is 0 Å². The van der Waals surface area contributed by atoms with Crippen molar-refractivity contribution in [3.05, 3.63) is 12.2 Å². The van der Waals surface area contributed by atoms with Crippen LogP contribution in [0.25, 0.3) is 0 Å². The molecule has 0 amide bonds. The molecule has 0 aromatic heterocycles. The third-order valence-electron chi connectivity index (χ3n) is 1.70. The van der Waals surface area contributed by atoms with Gasteiger partial charge in [0.05, 0.1) is 6.10 Å². The van der Waals surface area contributed by atoms with Crippen LogP contribution >= 0.6 is 0 Å². The largest absolute Gasteiger partial charge is 0.389 e. The summed E-state index contributed by atoms with van der Waals surface area (Å²) in [5.74, 6) is -0.0822. The van der Waals surface area contributed by atoms with E-state index in [9.17, 15) is 9.90 Å². The Kier molecular flexibility index (Phi) is 6.67. The zero-order valence-electron chi connectivity index (χ0n) is 7.86. The molecule has 0 rings (SSSR count). The molecule has 12 heavy (non-hydrogen) atoms. The van der Waals surface area contributed by atoms with Crippen LogP contribution in [0.5, 0.6) is 0 Å². The molecule has 0 aromatic rings. The predicted octanol–water partition coefficient (Wildman–Crippen LogP) is 1.93. The maximum Gasteiger partial charge on any atom is 0.126 e. The number of unbranched alkanes of at least 4 members (excludes halogenated alkanes) is 1. The van der Waals surface area contributed by atoms with E-state index >= 15 is 0 Å². The van der Waals surface area contributed by atoms with E-state index in [4.69, 9.17) is 0 Å². The lowest BCUT2D eigenvalue weighted by atomic mass is 10.1. The molecular formula is C10H18O2. The lowest BCUT2D eigenvalue weighted by Gasteiger charge is -2.03. The standard InChI is InChI=1S/C10H18O2/c1-3-4-5-10(12)7-6-9(2)8-11/h6-10,12H,3-5H2,1-2H3/b7-6+. The van der Waals surface area contributed by atoms with Crippen LogP contribution in [0.2, 0.25) is 0 Å². The van der Waals surface area contributed by atoms with Crippen molar-refractivity contribution < 1.29 is 9.90 Å². The summed E-state index contributed by atoms with van der Waals surface area (Å²) in [5.41, 5.74) is 0. The smallest absolute Gasteiger partial charge is 0.126 e. The number of aldehydes is 1. The van der Waals surface area contributed by atoms with Gasteiger partial charge in [-0.15, -0.1) is 0 Å². The van der Waals surface area contributed by atoms with Gasteiger partial charge in [0.25, 0.3) is 0 Å². The van der Waals surface area contributed by atoms with Crippen LogP contribution in [-0.4, -0.2) is 17.5 Å². The second-order valence-corrected chi connectivity index (χ2v) is 3.09. The minimum absolute atomic E-state index is 0.0822. The highest BCUT2D eigenvalue weighted by Gasteiger charge is 1.98. The first-order valence-corrected chi connectivity index (χ1v) is 4.52. The first-order chi connectivity index (χ1) is 5.70. The fourth-order valence-corrected chi connectivity index (χ4v) is 0.858. The van der Waals surface area contributed by atoms with E-state index in [1.54, 1.807) is 19.1 Å². The van der Waals surface area contributed by atoms with Crippen LogP contribution in [0.3, 0.4) is 0 Å². The van der Waals surface area contributed by atoms with E-state index in [-0.39, 0.29) is 12.0 Å². The molecule has 0 bridgehead atoms. The lowest BCUT2D eigenvalue weighted by Crippen LogP contribution is -2.02. The molecular weight excluding hydrogens is 152 g/mol. The summed E-state index contributed by atoms with van der Waals surface area (Å²) >= 11 is 0. The third kappa shape index (κ3) is 6.10. The van der Waals surface area contributed by atoms with Crippen molar-refractivity contribution >= 4 is 6.29 Å². The summed E-state index contributed by atoms with van der Waals surface area (Å²) in [6, 6.07) is 0. The summed E-state index contributed by atoms with van der Waals surface area (Å²) in [4.78, 5) is 10.2. The number of allylic oxidation sites excluding steroid dienone is 1. The fraction of sp³-hybridized carbons (Fsp3) is 0.700. The van der Waals surface area contributed by atoms with E-state index in [2.05, 4.69) is 6.92 Å². The molecule has 2 atom stereocenters. The number of carbonyl (C=O) groups excluding carboxylic acids is 1. The number of aliphatic hydroxyl groups excluding tert-OH is 1. The maximum absolute atomic E-state index is 10.2. The van der Waals surface area contributed by atoms with Gasteiger partial charge < -0.3 is 9.90 Å². The summed E-state index contributed by atoms with van der Waals surface area (Å²) in [5, 5.41) is 9.32. The van der Waals surface area contributed by atoms with Gasteiger partial charge >= 0.3 is 0 Å². The highest BCUT2D eigenvalue weighted by Crippen LogP contribution is 2.03. The second kappa shape index (κ2) is 7.04. The van der Waals surface area contributed by atoms with Crippen LogP contribution < -0.4 is 0 Å². The normalized spacial score (nSPS) is 16.2. The van der Waals surface area contributed by atoms with Crippen molar-refractivity contribution in [1.82, 2.24) is 0 Å². The molecule has 0 aliphatic rings. The van der Waals surface area contributed by atoms with Gasteiger partial charge in [-0.05, 0) is 6.42 Å². The van der Waals surface area contributed by atoms with Gasteiger partial charge in [0, 0.05) is 5.92 Å². The Balaban J connectivity index is 3.59. The van der Waals surface area contributed by atoms with Gasteiger partial charge in [-0.3, -0.25) is 0 Å². The van der Waals surface area contributed by atoms with Gasteiger partial charge in [-0.1, -0.05) is 38.8 Å².